The number of carbonyl (C=O) groups is 2. The first-order valence-corrected chi connectivity index (χ1v) is 19.0. The summed E-state index contributed by atoms with van der Waals surface area (Å²) < 4.78 is 0. The number of rotatable bonds is 32. The summed E-state index contributed by atoms with van der Waals surface area (Å²) in [5, 5.41) is 20.9. The minimum atomic E-state index is -0.141. The Balaban J connectivity index is -0.000000767. The molecule has 258 valence electrons. The quantitative estimate of drug-likeness (QED) is 0.0325. The fraction of sp³-hybridized carbons (Fsp3) is 0.895. The Bertz CT molecular complexity index is 632. The molecule has 0 aliphatic carbocycles. The first kappa shape index (κ1) is 48.6. The average molecular weight is 657 g/mol. The number of unbranched alkanes of at least 4 members (excludes halogenated alkanes) is 28. The predicted molar refractivity (Wildman–Crippen MR) is 192 cm³/mol. The minimum absolute atomic E-state index is 0. The van der Waals surface area contributed by atoms with Gasteiger partial charge in [-0.25, -0.2) is 0 Å². The molecule has 0 bridgehead atoms. The monoisotopic (exact) mass is 657 g/mol. The summed E-state index contributed by atoms with van der Waals surface area (Å²) in [6.07, 6.45) is 44.1. The molecule has 0 saturated heterocycles. The second-order valence-corrected chi connectivity index (χ2v) is 12.7. The molecule has 7 heteroatoms. The van der Waals surface area contributed by atoms with Gasteiger partial charge < -0.3 is 0 Å². The predicted octanol–water partition coefficient (Wildman–Crippen LogP) is 11.3. The molecule has 0 aromatic carbocycles. The maximum absolute atomic E-state index is 11.0. The molecule has 0 aliphatic heterocycles. The zero-order valence-electron chi connectivity index (χ0n) is 30.0. The minimum Gasteiger partial charge on any atom is -0.274 e. The Morgan fingerprint density at radius 3 is 0.733 bits per heavy atom. The van der Waals surface area contributed by atoms with Gasteiger partial charge in [0.2, 0.25) is 11.8 Å². The van der Waals surface area contributed by atoms with Crippen LogP contribution in [-0.2, 0) is 9.59 Å². The first-order valence-electron chi connectivity index (χ1n) is 19.0. The zero-order valence-corrected chi connectivity index (χ0v) is 32.3. The van der Waals surface area contributed by atoms with Gasteiger partial charge in [-0.1, -0.05) is 194 Å². The molecule has 0 atom stereocenters. The van der Waals surface area contributed by atoms with Crippen molar-refractivity contribution < 1.29 is 9.59 Å². The molecule has 0 spiro atoms. The third-order valence-electron chi connectivity index (χ3n) is 8.41. The molecular formula is C38H72CaN4O2. The fourth-order valence-electron chi connectivity index (χ4n) is 5.56. The number of hydrogen-bond acceptors (Lipinski definition) is 4. The summed E-state index contributed by atoms with van der Waals surface area (Å²) in [4.78, 5) is 22.1. The van der Waals surface area contributed by atoms with E-state index in [1.807, 2.05) is 0 Å². The Labute approximate surface area is 310 Å². The van der Waals surface area contributed by atoms with E-state index >= 15 is 0 Å². The van der Waals surface area contributed by atoms with Gasteiger partial charge in [0.15, 0.2) is 12.4 Å². The number of carbonyl (C=O) groups excluding carboxylic acids is 2. The molecule has 0 fully saturated rings. The van der Waals surface area contributed by atoms with Crippen molar-refractivity contribution in [2.24, 2.45) is 0 Å². The molecule has 0 saturated carbocycles. The van der Waals surface area contributed by atoms with Crippen molar-refractivity contribution in [3.8, 4) is 12.4 Å². The number of nitrogens with one attached hydrogen (secondary N) is 2. The van der Waals surface area contributed by atoms with Crippen molar-refractivity contribution in [2.75, 3.05) is 0 Å². The molecule has 0 aromatic heterocycles. The average Bonchev–Trinajstić information content (AvgIpc) is 3.01. The molecule has 0 heterocycles. The van der Waals surface area contributed by atoms with Crippen molar-refractivity contribution in [3.63, 3.8) is 0 Å². The van der Waals surface area contributed by atoms with Gasteiger partial charge >= 0.3 is 0 Å². The van der Waals surface area contributed by atoms with Crippen LogP contribution in [0.4, 0.5) is 0 Å². The number of hydrogen-bond donors (Lipinski definition) is 2. The zero-order chi connectivity index (χ0) is 32.6. The largest absolute Gasteiger partial charge is 0.274 e. The normalized spacial score (nSPS) is 10.1. The van der Waals surface area contributed by atoms with Crippen molar-refractivity contribution in [1.29, 1.82) is 10.5 Å². The van der Waals surface area contributed by atoms with Gasteiger partial charge in [-0.2, -0.15) is 10.5 Å². The summed E-state index contributed by atoms with van der Waals surface area (Å²) in [6.45, 7) is 4.54. The van der Waals surface area contributed by atoms with Crippen LogP contribution >= 0.6 is 0 Å². The SMILES string of the molecule is CCCCCCCCCCCCCCCCCC(=O)NC#N.CCCCCCCCCCCCCCCCCC(=O)NC#N.[Ca]. The van der Waals surface area contributed by atoms with Crippen LogP contribution in [0, 0.1) is 22.9 Å². The van der Waals surface area contributed by atoms with Crippen LogP contribution in [0.1, 0.15) is 219 Å². The molecule has 0 rings (SSSR count). The van der Waals surface area contributed by atoms with Gasteiger partial charge in [0.05, 0.1) is 0 Å². The van der Waals surface area contributed by atoms with E-state index in [2.05, 4.69) is 24.5 Å². The Kier molecular flexibility index (Phi) is 48.9. The molecule has 0 aliphatic rings. The van der Waals surface area contributed by atoms with E-state index in [0.29, 0.717) is 12.8 Å². The van der Waals surface area contributed by atoms with E-state index in [9.17, 15) is 9.59 Å². The van der Waals surface area contributed by atoms with E-state index in [0.717, 1.165) is 25.7 Å². The van der Waals surface area contributed by atoms with Crippen LogP contribution in [0.25, 0.3) is 0 Å². The van der Waals surface area contributed by atoms with Gasteiger partial charge in [0, 0.05) is 50.6 Å². The van der Waals surface area contributed by atoms with Crippen LogP contribution in [0.15, 0.2) is 0 Å². The fourth-order valence-corrected chi connectivity index (χ4v) is 5.56. The van der Waals surface area contributed by atoms with Crippen LogP contribution in [0.5, 0.6) is 0 Å². The molecule has 0 aromatic rings. The molecule has 0 unspecified atom stereocenters. The van der Waals surface area contributed by atoms with Crippen LogP contribution in [0.2, 0.25) is 0 Å². The van der Waals surface area contributed by atoms with Crippen LogP contribution in [0.3, 0.4) is 0 Å². The van der Waals surface area contributed by atoms with Crippen molar-refractivity contribution >= 4 is 49.6 Å². The van der Waals surface area contributed by atoms with Gasteiger partial charge in [-0.05, 0) is 12.8 Å². The van der Waals surface area contributed by atoms with Crippen molar-refractivity contribution in [2.45, 2.75) is 219 Å². The molecule has 2 amide bonds. The van der Waals surface area contributed by atoms with Crippen molar-refractivity contribution in [1.82, 2.24) is 10.6 Å². The Hall–Kier alpha value is -0.820. The van der Waals surface area contributed by atoms with E-state index in [4.69, 9.17) is 10.5 Å². The first-order chi connectivity index (χ1) is 21.6. The summed E-state index contributed by atoms with van der Waals surface area (Å²) in [5.74, 6) is -0.283. The third kappa shape index (κ3) is 47.7. The van der Waals surface area contributed by atoms with Gasteiger partial charge in [-0.15, -0.1) is 0 Å². The number of nitriles is 2. The topological polar surface area (TPSA) is 106 Å². The third-order valence-corrected chi connectivity index (χ3v) is 8.41. The second-order valence-electron chi connectivity index (χ2n) is 12.7. The second kappa shape index (κ2) is 45.3. The van der Waals surface area contributed by atoms with Crippen molar-refractivity contribution in [3.05, 3.63) is 0 Å². The number of nitrogens with zero attached hydrogens (tertiary/aromatic N) is 2. The van der Waals surface area contributed by atoms with E-state index in [1.165, 1.54) is 167 Å². The van der Waals surface area contributed by atoms with Gasteiger partial charge in [0.25, 0.3) is 0 Å². The summed E-state index contributed by atoms with van der Waals surface area (Å²) >= 11 is 0. The standard InChI is InChI=1S/2C19H36N2O.Ca/c2*1-2-3-4-5-6-7-8-9-10-11-12-13-14-15-16-17-19(22)21-18-20;/h2*2-17H2,1H3,(H,21,22);. The van der Waals surface area contributed by atoms with Crippen LogP contribution < -0.4 is 10.6 Å². The molecular weight excluding hydrogens is 585 g/mol. The molecule has 2 N–H and O–H groups in total. The summed E-state index contributed by atoms with van der Waals surface area (Å²) in [6, 6.07) is 0. The van der Waals surface area contributed by atoms with Crippen LogP contribution in [-0.4, -0.2) is 49.6 Å². The molecule has 2 radical (unpaired) electrons. The number of amides is 2. The Morgan fingerprint density at radius 1 is 0.378 bits per heavy atom. The summed E-state index contributed by atoms with van der Waals surface area (Å²) in [7, 11) is 0. The van der Waals surface area contributed by atoms with Gasteiger partial charge in [-0.3, -0.25) is 20.2 Å². The summed E-state index contributed by atoms with van der Waals surface area (Å²) in [5.41, 5.74) is 0. The smallest absolute Gasteiger partial charge is 0.232 e. The maximum atomic E-state index is 11.0. The van der Waals surface area contributed by atoms with E-state index in [-0.39, 0.29) is 49.6 Å². The molecule has 45 heavy (non-hydrogen) atoms. The van der Waals surface area contributed by atoms with E-state index in [1.54, 1.807) is 12.4 Å². The van der Waals surface area contributed by atoms with E-state index < -0.39 is 0 Å². The maximum Gasteiger partial charge on any atom is 0.232 e. The molecule has 6 nitrogen and oxygen atoms in total. The Morgan fingerprint density at radius 2 is 0.556 bits per heavy atom. The van der Waals surface area contributed by atoms with Gasteiger partial charge in [0.1, 0.15) is 0 Å².